The van der Waals surface area contributed by atoms with Gasteiger partial charge in [-0.3, -0.25) is 0 Å². The Kier molecular flexibility index (Phi) is 5.46. The minimum absolute atomic E-state index is 0.701. The van der Waals surface area contributed by atoms with E-state index in [0.717, 1.165) is 44.1 Å². The van der Waals surface area contributed by atoms with E-state index in [1.165, 1.54) is 0 Å². The molecule has 0 bridgehead atoms. The van der Waals surface area contributed by atoms with Crippen LogP contribution >= 0.6 is 0 Å². The third kappa shape index (κ3) is 3.93. The number of hydrogen-bond donors (Lipinski definition) is 1. The highest BCUT2D eigenvalue weighted by molar-refractivity contribution is 4.92. The van der Waals surface area contributed by atoms with Crippen LogP contribution in [0.15, 0.2) is 0 Å². The van der Waals surface area contributed by atoms with Gasteiger partial charge in [0.1, 0.15) is 5.82 Å². The topological polar surface area (TPSA) is 42.7 Å². The Morgan fingerprint density at radius 3 is 2.56 bits per heavy atom. The maximum atomic E-state index is 4.49. The van der Waals surface area contributed by atoms with E-state index in [2.05, 4.69) is 43.1 Å². The fourth-order valence-electron chi connectivity index (χ4n) is 1.59. The van der Waals surface area contributed by atoms with E-state index in [-0.39, 0.29) is 0 Å². The summed E-state index contributed by atoms with van der Waals surface area (Å²) in [4.78, 5) is 4.49. The van der Waals surface area contributed by atoms with E-state index >= 15 is 0 Å². The van der Waals surface area contributed by atoms with Crippen molar-refractivity contribution >= 4 is 0 Å². The Bertz CT molecular complexity index is 304. The Hall–Kier alpha value is -0.900. The van der Waals surface area contributed by atoms with Gasteiger partial charge >= 0.3 is 0 Å². The van der Waals surface area contributed by atoms with Crippen LogP contribution < -0.4 is 5.32 Å². The Morgan fingerprint density at radius 2 is 2.00 bits per heavy atom. The highest BCUT2D eigenvalue weighted by Gasteiger charge is 2.06. The van der Waals surface area contributed by atoms with Gasteiger partial charge in [0.05, 0.1) is 6.54 Å². The fraction of sp³-hybridized carbons (Fsp3) is 0.833. The van der Waals surface area contributed by atoms with E-state index in [0.29, 0.717) is 5.92 Å². The van der Waals surface area contributed by atoms with Crippen LogP contribution in [0.1, 0.15) is 39.3 Å². The fourth-order valence-corrected chi connectivity index (χ4v) is 1.59. The molecule has 4 heteroatoms. The standard InChI is InChI=1S/C12H24N4/c1-5-11-14-12(6-2)16(15-11)8-7-13-9-10(3)4/h10,13H,5-9H2,1-4H3. The van der Waals surface area contributed by atoms with Crippen molar-refractivity contribution in [3.63, 3.8) is 0 Å². The van der Waals surface area contributed by atoms with Gasteiger partial charge < -0.3 is 5.32 Å². The average Bonchev–Trinajstić information content (AvgIpc) is 2.66. The zero-order valence-corrected chi connectivity index (χ0v) is 11.0. The summed E-state index contributed by atoms with van der Waals surface area (Å²) in [5.74, 6) is 2.76. The third-order valence-corrected chi connectivity index (χ3v) is 2.48. The molecule has 0 saturated carbocycles. The largest absolute Gasteiger partial charge is 0.315 e. The zero-order chi connectivity index (χ0) is 12.0. The number of aromatic nitrogens is 3. The number of nitrogens with zero attached hydrogens (tertiary/aromatic N) is 3. The summed E-state index contributed by atoms with van der Waals surface area (Å²) in [5.41, 5.74) is 0. The predicted octanol–water partition coefficient (Wildman–Crippen LogP) is 1.65. The molecule has 92 valence electrons. The van der Waals surface area contributed by atoms with Crippen molar-refractivity contribution in [1.82, 2.24) is 20.1 Å². The van der Waals surface area contributed by atoms with Crippen molar-refractivity contribution in [1.29, 1.82) is 0 Å². The lowest BCUT2D eigenvalue weighted by atomic mass is 10.2. The average molecular weight is 224 g/mol. The molecular weight excluding hydrogens is 200 g/mol. The minimum atomic E-state index is 0.701. The molecule has 1 heterocycles. The van der Waals surface area contributed by atoms with Gasteiger partial charge in [0, 0.05) is 19.4 Å². The molecule has 0 radical (unpaired) electrons. The van der Waals surface area contributed by atoms with Gasteiger partial charge in [-0.1, -0.05) is 27.7 Å². The highest BCUT2D eigenvalue weighted by Crippen LogP contribution is 2.00. The molecule has 1 N–H and O–H groups in total. The van der Waals surface area contributed by atoms with Gasteiger partial charge in [-0.15, -0.1) is 0 Å². The number of aryl methyl sites for hydroxylation is 2. The SMILES string of the molecule is CCc1nc(CC)n(CCNCC(C)C)n1. The molecule has 1 rings (SSSR count). The summed E-state index contributed by atoms with van der Waals surface area (Å²) in [6.45, 7) is 11.6. The van der Waals surface area contributed by atoms with Crippen molar-refractivity contribution in [2.75, 3.05) is 13.1 Å². The van der Waals surface area contributed by atoms with Crippen LogP contribution in [-0.4, -0.2) is 27.9 Å². The molecule has 1 aromatic rings. The van der Waals surface area contributed by atoms with Gasteiger partial charge in [0.2, 0.25) is 0 Å². The van der Waals surface area contributed by atoms with Crippen molar-refractivity contribution in [3.05, 3.63) is 11.6 Å². The lowest BCUT2D eigenvalue weighted by Gasteiger charge is -2.08. The second-order valence-corrected chi connectivity index (χ2v) is 4.47. The van der Waals surface area contributed by atoms with Crippen LogP contribution in [0.3, 0.4) is 0 Å². The number of hydrogen-bond acceptors (Lipinski definition) is 3. The van der Waals surface area contributed by atoms with Crippen LogP contribution in [0.5, 0.6) is 0 Å². The van der Waals surface area contributed by atoms with Crippen molar-refractivity contribution in [2.24, 2.45) is 5.92 Å². The maximum Gasteiger partial charge on any atom is 0.150 e. The molecule has 0 aromatic carbocycles. The summed E-state index contributed by atoms with van der Waals surface area (Å²) in [6, 6.07) is 0. The molecular formula is C12H24N4. The summed E-state index contributed by atoms with van der Waals surface area (Å²) in [6.07, 6.45) is 1.87. The number of nitrogens with one attached hydrogen (secondary N) is 1. The molecule has 0 amide bonds. The lowest BCUT2D eigenvalue weighted by molar-refractivity contribution is 0.495. The van der Waals surface area contributed by atoms with E-state index in [1.54, 1.807) is 0 Å². The van der Waals surface area contributed by atoms with Gasteiger partial charge in [-0.2, -0.15) is 5.10 Å². The molecule has 4 nitrogen and oxygen atoms in total. The molecule has 1 aromatic heterocycles. The van der Waals surface area contributed by atoms with E-state index in [9.17, 15) is 0 Å². The Morgan fingerprint density at radius 1 is 1.25 bits per heavy atom. The van der Waals surface area contributed by atoms with Gasteiger partial charge in [-0.05, 0) is 12.5 Å². The number of rotatable bonds is 7. The van der Waals surface area contributed by atoms with Gasteiger partial charge in [0.25, 0.3) is 0 Å². The highest BCUT2D eigenvalue weighted by atomic mass is 15.3. The molecule has 16 heavy (non-hydrogen) atoms. The molecule has 0 spiro atoms. The first-order chi connectivity index (χ1) is 7.67. The second-order valence-electron chi connectivity index (χ2n) is 4.47. The smallest absolute Gasteiger partial charge is 0.150 e. The monoisotopic (exact) mass is 224 g/mol. The lowest BCUT2D eigenvalue weighted by Crippen LogP contribution is -2.25. The van der Waals surface area contributed by atoms with E-state index in [4.69, 9.17) is 0 Å². The minimum Gasteiger partial charge on any atom is -0.315 e. The summed E-state index contributed by atoms with van der Waals surface area (Å²) in [7, 11) is 0. The molecule has 0 aliphatic heterocycles. The van der Waals surface area contributed by atoms with Gasteiger partial charge in [0.15, 0.2) is 5.82 Å². The molecule has 0 aliphatic carbocycles. The second kappa shape index (κ2) is 6.63. The van der Waals surface area contributed by atoms with Crippen LogP contribution in [-0.2, 0) is 19.4 Å². The quantitative estimate of drug-likeness (QED) is 0.716. The summed E-state index contributed by atoms with van der Waals surface area (Å²) < 4.78 is 2.03. The maximum absolute atomic E-state index is 4.49. The van der Waals surface area contributed by atoms with Crippen LogP contribution in [0.25, 0.3) is 0 Å². The first-order valence-corrected chi connectivity index (χ1v) is 6.30. The Balaban J connectivity index is 2.43. The van der Waals surface area contributed by atoms with E-state index in [1.807, 2.05) is 4.68 Å². The first kappa shape index (κ1) is 13.2. The molecule has 0 fully saturated rings. The predicted molar refractivity (Wildman–Crippen MR) is 66.5 cm³/mol. The summed E-state index contributed by atoms with van der Waals surface area (Å²) in [5, 5.41) is 7.91. The van der Waals surface area contributed by atoms with E-state index < -0.39 is 0 Å². The van der Waals surface area contributed by atoms with Crippen LogP contribution in [0.4, 0.5) is 0 Å². The van der Waals surface area contributed by atoms with Crippen molar-refractivity contribution < 1.29 is 0 Å². The molecule has 0 aliphatic rings. The first-order valence-electron chi connectivity index (χ1n) is 6.30. The molecule has 0 unspecified atom stereocenters. The van der Waals surface area contributed by atoms with Crippen molar-refractivity contribution in [3.8, 4) is 0 Å². The summed E-state index contributed by atoms with van der Waals surface area (Å²) >= 11 is 0. The van der Waals surface area contributed by atoms with Gasteiger partial charge in [-0.25, -0.2) is 9.67 Å². The molecule has 0 atom stereocenters. The van der Waals surface area contributed by atoms with Crippen molar-refractivity contribution in [2.45, 2.75) is 47.1 Å². The zero-order valence-electron chi connectivity index (χ0n) is 11.0. The Labute approximate surface area is 98.5 Å². The van der Waals surface area contributed by atoms with Crippen LogP contribution in [0.2, 0.25) is 0 Å². The van der Waals surface area contributed by atoms with Crippen LogP contribution in [0, 0.1) is 5.92 Å². The molecule has 0 saturated heterocycles. The normalized spacial score (nSPS) is 11.3. The third-order valence-electron chi connectivity index (χ3n) is 2.48.